The van der Waals surface area contributed by atoms with Crippen molar-refractivity contribution in [2.45, 2.75) is 20.8 Å². The summed E-state index contributed by atoms with van der Waals surface area (Å²) in [6, 6.07) is 17.6. The number of benzene rings is 3. The molecule has 0 bridgehead atoms. The zero-order valence-corrected chi connectivity index (χ0v) is 20.5. The highest BCUT2D eigenvalue weighted by Crippen LogP contribution is 2.23. The van der Waals surface area contributed by atoms with Gasteiger partial charge >= 0.3 is 11.8 Å². The van der Waals surface area contributed by atoms with Gasteiger partial charge in [-0.25, -0.2) is 5.43 Å². The van der Waals surface area contributed by atoms with Gasteiger partial charge in [0.05, 0.1) is 19.0 Å². The molecule has 0 atom stereocenters. The summed E-state index contributed by atoms with van der Waals surface area (Å²) >= 11 is 0. The Morgan fingerprint density at radius 2 is 1.50 bits per heavy atom. The maximum atomic E-state index is 12.5. The van der Waals surface area contributed by atoms with E-state index in [4.69, 9.17) is 9.47 Å². The molecule has 3 amide bonds. The second-order valence-corrected chi connectivity index (χ2v) is 8.00. The van der Waals surface area contributed by atoms with E-state index in [2.05, 4.69) is 21.2 Å². The molecule has 0 aromatic heterocycles. The maximum Gasteiger partial charge on any atom is 0.329 e. The number of nitrogens with one attached hydrogen (secondary N) is 3. The number of carbonyl (C=O) groups is 3. The number of anilines is 2. The Balaban J connectivity index is 1.57. The van der Waals surface area contributed by atoms with Gasteiger partial charge in [-0.1, -0.05) is 42.0 Å². The molecule has 0 aliphatic carbocycles. The van der Waals surface area contributed by atoms with Crippen molar-refractivity contribution in [3.8, 4) is 11.5 Å². The third-order valence-electron chi connectivity index (χ3n) is 5.15. The van der Waals surface area contributed by atoms with Crippen molar-refractivity contribution in [3.05, 3.63) is 82.9 Å². The molecule has 9 heteroatoms. The van der Waals surface area contributed by atoms with Crippen LogP contribution in [0.15, 0.2) is 65.8 Å². The number of aryl methyl sites for hydroxylation is 3. The first-order valence-corrected chi connectivity index (χ1v) is 11.2. The summed E-state index contributed by atoms with van der Waals surface area (Å²) in [6.45, 7) is 5.66. The fourth-order valence-electron chi connectivity index (χ4n) is 3.55. The number of methoxy groups -OCH3 is 1. The molecule has 0 aliphatic heterocycles. The van der Waals surface area contributed by atoms with E-state index in [0.29, 0.717) is 22.7 Å². The van der Waals surface area contributed by atoms with Crippen LogP contribution in [-0.4, -0.2) is 37.7 Å². The molecule has 0 radical (unpaired) electrons. The van der Waals surface area contributed by atoms with E-state index in [9.17, 15) is 14.4 Å². The summed E-state index contributed by atoms with van der Waals surface area (Å²) in [5.41, 5.74) is 6.87. The Kier molecular flexibility index (Phi) is 8.77. The first kappa shape index (κ1) is 26.0. The van der Waals surface area contributed by atoms with Crippen LogP contribution >= 0.6 is 0 Å². The number of hydrogen-bond acceptors (Lipinski definition) is 6. The molecule has 0 saturated heterocycles. The van der Waals surface area contributed by atoms with Gasteiger partial charge in [0, 0.05) is 11.3 Å². The van der Waals surface area contributed by atoms with E-state index in [0.717, 1.165) is 22.4 Å². The SMILES string of the molecule is COc1ccccc1NC(=O)C(=O)N/N=C/c1ccccc1OCC(=O)Nc1c(C)cc(C)cc1C. The van der Waals surface area contributed by atoms with Crippen LogP contribution in [0.4, 0.5) is 11.4 Å². The van der Waals surface area contributed by atoms with Crippen LogP contribution in [0.5, 0.6) is 11.5 Å². The Morgan fingerprint density at radius 3 is 2.19 bits per heavy atom. The van der Waals surface area contributed by atoms with Crippen LogP contribution in [-0.2, 0) is 14.4 Å². The normalized spacial score (nSPS) is 10.6. The summed E-state index contributed by atoms with van der Waals surface area (Å²) in [7, 11) is 1.46. The van der Waals surface area contributed by atoms with Gasteiger partial charge in [0.15, 0.2) is 6.61 Å². The van der Waals surface area contributed by atoms with Crippen LogP contribution in [0.2, 0.25) is 0 Å². The number of nitrogens with zero attached hydrogens (tertiary/aromatic N) is 1. The minimum Gasteiger partial charge on any atom is -0.495 e. The highest BCUT2D eigenvalue weighted by atomic mass is 16.5. The summed E-state index contributed by atoms with van der Waals surface area (Å²) in [4.78, 5) is 36.8. The summed E-state index contributed by atoms with van der Waals surface area (Å²) < 4.78 is 10.8. The molecule has 9 nitrogen and oxygen atoms in total. The van der Waals surface area contributed by atoms with Crippen LogP contribution in [0.25, 0.3) is 0 Å². The Labute approximate surface area is 209 Å². The van der Waals surface area contributed by atoms with Crippen molar-refractivity contribution >= 4 is 35.3 Å². The summed E-state index contributed by atoms with van der Waals surface area (Å²) in [5, 5.41) is 9.19. The zero-order chi connectivity index (χ0) is 26.1. The zero-order valence-electron chi connectivity index (χ0n) is 20.5. The average Bonchev–Trinajstić information content (AvgIpc) is 2.85. The van der Waals surface area contributed by atoms with Gasteiger partial charge in [0.1, 0.15) is 11.5 Å². The first-order chi connectivity index (χ1) is 17.3. The fraction of sp³-hybridized carbons (Fsp3) is 0.185. The number of hydrogen-bond donors (Lipinski definition) is 3. The van der Waals surface area contributed by atoms with Gasteiger partial charge in [-0.05, 0) is 56.2 Å². The number of hydrazone groups is 1. The molecule has 36 heavy (non-hydrogen) atoms. The maximum absolute atomic E-state index is 12.5. The van der Waals surface area contributed by atoms with E-state index in [1.165, 1.54) is 13.3 Å². The fourth-order valence-corrected chi connectivity index (χ4v) is 3.55. The van der Waals surface area contributed by atoms with Gasteiger partial charge in [0.25, 0.3) is 5.91 Å². The minimum absolute atomic E-state index is 0.217. The van der Waals surface area contributed by atoms with Gasteiger partial charge < -0.3 is 20.1 Å². The van der Waals surface area contributed by atoms with E-state index in [-0.39, 0.29) is 12.5 Å². The molecular formula is C27H28N4O5. The molecule has 3 aromatic rings. The number of rotatable bonds is 8. The molecule has 186 valence electrons. The molecule has 3 N–H and O–H groups in total. The highest BCUT2D eigenvalue weighted by molar-refractivity contribution is 6.39. The lowest BCUT2D eigenvalue weighted by Gasteiger charge is -2.14. The lowest BCUT2D eigenvalue weighted by Crippen LogP contribution is -2.32. The van der Waals surface area contributed by atoms with Crippen molar-refractivity contribution in [1.82, 2.24) is 5.43 Å². The van der Waals surface area contributed by atoms with Crippen molar-refractivity contribution in [2.75, 3.05) is 24.4 Å². The van der Waals surface area contributed by atoms with E-state index < -0.39 is 11.8 Å². The monoisotopic (exact) mass is 488 g/mol. The predicted octanol–water partition coefficient (Wildman–Crippen LogP) is 3.73. The molecule has 0 spiro atoms. The van der Waals surface area contributed by atoms with E-state index in [1.807, 2.05) is 32.9 Å². The van der Waals surface area contributed by atoms with Crippen molar-refractivity contribution in [3.63, 3.8) is 0 Å². The Morgan fingerprint density at radius 1 is 0.861 bits per heavy atom. The van der Waals surface area contributed by atoms with Gasteiger partial charge in [-0.3, -0.25) is 14.4 Å². The lowest BCUT2D eigenvalue weighted by atomic mass is 10.1. The summed E-state index contributed by atoms with van der Waals surface area (Å²) in [6.07, 6.45) is 1.33. The average molecular weight is 489 g/mol. The number of ether oxygens (including phenoxy) is 2. The topological polar surface area (TPSA) is 118 Å². The number of amides is 3. The predicted molar refractivity (Wildman–Crippen MR) is 139 cm³/mol. The van der Waals surface area contributed by atoms with Crippen LogP contribution in [0, 0.1) is 20.8 Å². The quantitative estimate of drug-likeness (QED) is 0.254. The van der Waals surface area contributed by atoms with Crippen molar-refractivity contribution in [2.24, 2.45) is 5.10 Å². The van der Waals surface area contributed by atoms with E-state index in [1.54, 1.807) is 48.5 Å². The largest absolute Gasteiger partial charge is 0.495 e. The molecule has 0 aliphatic rings. The van der Waals surface area contributed by atoms with Crippen LogP contribution < -0.4 is 25.5 Å². The lowest BCUT2D eigenvalue weighted by molar-refractivity contribution is -0.136. The Hall–Kier alpha value is -4.66. The summed E-state index contributed by atoms with van der Waals surface area (Å²) in [5.74, 6) is -1.36. The van der Waals surface area contributed by atoms with Crippen molar-refractivity contribution in [1.29, 1.82) is 0 Å². The number of para-hydroxylation sites is 3. The smallest absolute Gasteiger partial charge is 0.329 e. The molecule has 0 fully saturated rings. The second kappa shape index (κ2) is 12.2. The Bertz CT molecular complexity index is 1280. The van der Waals surface area contributed by atoms with Crippen LogP contribution in [0.1, 0.15) is 22.3 Å². The standard InChI is InChI=1S/C27H28N4O5/c1-17-13-18(2)25(19(3)14-17)30-24(32)16-36-22-11-7-5-9-20(22)15-28-31-27(34)26(33)29-21-10-6-8-12-23(21)35-4/h5-15H,16H2,1-4H3,(H,29,33)(H,30,32)(H,31,34)/b28-15+. The van der Waals surface area contributed by atoms with Gasteiger partial charge in [0.2, 0.25) is 0 Å². The molecular weight excluding hydrogens is 460 g/mol. The second-order valence-electron chi connectivity index (χ2n) is 8.00. The van der Waals surface area contributed by atoms with Crippen molar-refractivity contribution < 1.29 is 23.9 Å². The molecule has 3 aromatic carbocycles. The van der Waals surface area contributed by atoms with Gasteiger partial charge in [-0.2, -0.15) is 5.10 Å². The molecule has 3 rings (SSSR count). The third-order valence-corrected chi connectivity index (χ3v) is 5.15. The first-order valence-electron chi connectivity index (χ1n) is 11.2. The molecule has 0 unspecified atom stereocenters. The third kappa shape index (κ3) is 6.92. The minimum atomic E-state index is -0.959. The molecule has 0 heterocycles. The number of carbonyl (C=O) groups excluding carboxylic acids is 3. The van der Waals surface area contributed by atoms with E-state index >= 15 is 0 Å². The highest BCUT2D eigenvalue weighted by Gasteiger charge is 2.15. The van der Waals surface area contributed by atoms with Gasteiger partial charge in [-0.15, -0.1) is 0 Å². The molecule has 0 saturated carbocycles. The van der Waals surface area contributed by atoms with Crippen LogP contribution in [0.3, 0.4) is 0 Å².